The zero-order chi connectivity index (χ0) is 17.2. The van der Waals surface area contributed by atoms with Gasteiger partial charge in [-0.25, -0.2) is 9.78 Å². The number of esters is 1. The highest BCUT2D eigenvalue weighted by molar-refractivity contribution is 5.87. The molecule has 0 fully saturated rings. The zero-order valence-corrected chi connectivity index (χ0v) is 16.8. The molecule has 0 aliphatic heterocycles. The minimum absolute atomic E-state index is 0. The number of benzene rings is 1. The SMILES string of the molecule is CCOC(=O)/C=C/c1ccc(CNCCCn2ccnc2C)cc1.Cl.Cl. The second-order valence-corrected chi connectivity index (χ2v) is 5.53. The molecule has 1 aromatic heterocycles. The number of nitrogens with zero attached hydrogens (tertiary/aromatic N) is 2. The minimum Gasteiger partial charge on any atom is -0.463 e. The number of imidazole rings is 1. The van der Waals surface area contributed by atoms with Gasteiger partial charge in [0.2, 0.25) is 0 Å². The average molecular weight is 400 g/mol. The Balaban J connectivity index is 0.00000312. The standard InChI is InChI=1S/C19H25N3O2.2ClH/c1-3-24-19(23)10-9-17-5-7-18(8-6-17)15-20-11-4-13-22-14-12-21-16(22)2;;/h5-10,12,14,20H,3-4,11,13,15H2,1-2H3;2*1H/b10-9+;;. The van der Waals surface area contributed by atoms with Crippen LogP contribution in [0.25, 0.3) is 6.08 Å². The summed E-state index contributed by atoms with van der Waals surface area (Å²) in [6.07, 6.45) is 8.13. The van der Waals surface area contributed by atoms with Gasteiger partial charge in [-0.1, -0.05) is 24.3 Å². The number of carbonyl (C=O) groups is 1. The molecule has 0 radical (unpaired) electrons. The highest BCUT2D eigenvalue weighted by atomic mass is 35.5. The van der Waals surface area contributed by atoms with Crippen molar-refractivity contribution in [2.24, 2.45) is 0 Å². The molecule has 0 amide bonds. The molecule has 0 saturated carbocycles. The van der Waals surface area contributed by atoms with Gasteiger partial charge in [-0.05, 0) is 44.0 Å². The summed E-state index contributed by atoms with van der Waals surface area (Å²) in [5.41, 5.74) is 2.21. The van der Waals surface area contributed by atoms with E-state index >= 15 is 0 Å². The molecule has 0 spiro atoms. The molecule has 0 bridgehead atoms. The molecule has 144 valence electrons. The fourth-order valence-corrected chi connectivity index (χ4v) is 2.35. The van der Waals surface area contributed by atoms with Crippen LogP contribution in [0.4, 0.5) is 0 Å². The number of nitrogens with one attached hydrogen (secondary N) is 1. The molecular formula is C19H27Cl2N3O2. The third-order valence-corrected chi connectivity index (χ3v) is 3.68. The van der Waals surface area contributed by atoms with Gasteiger partial charge in [-0.15, -0.1) is 24.8 Å². The first-order chi connectivity index (χ1) is 11.7. The lowest BCUT2D eigenvalue weighted by Crippen LogP contribution is -2.16. The van der Waals surface area contributed by atoms with Crippen LogP contribution >= 0.6 is 24.8 Å². The Morgan fingerprint density at radius 3 is 2.62 bits per heavy atom. The lowest BCUT2D eigenvalue weighted by molar-refractivity contribution is -0.137. The molecule has 5 nitrogen and oxygen atoms in total. The topological polar surface area (TPSA) is 56.1 Å². The van der Waals surface area contributed by atoms with Crippen LogP contribution in [-0.4, -0.2) is 28.7 Å². The predicted octanol–water partition coefficient (Wildman–Crippen LogP) is 3.79. The number of hydrogen-bond acceptors (Lipinski definition) is 4. The van der Waals surface area contributed by atoms with Gasteiger partial charge in [0.05, 0.1) is 6.61 Å². The molecule has 1 aromatic carbocycles. The smallest absolute Gasteiger partial charge is 0.330 e. The second-order valence-electron chi connectivity index (χ2n) is 5.53. The summed E-state index contributed by atoms with van der Waals surface area (Å²) in [4.78, 5) is 15.5. The Morgan fingerprint density at radius 1 is 1.27 bits per heavy atom. The van der Waals surface area contributed by atoms with Gasteiger partial charge in [-0.3, -0.25) is 0 Å². The predicted molar refractivity (Wildman–Crippen MR) is 110 cm³/mol. The van der Waals surface area contributed by atoms with Gasteiger partial charge in [0.1, 0.15) is 5.82 Å². The molecule has 0 aliphatic rings. The van der Waals surface area contributed by atoms with E-state index in [0.29, 0.717) is 6.61 Å². The number of aromatic nitrogens is 2. The summed E-state index contributed by atoms with van der Waals surface area (Å²) >= 11 is 0. The highest BCUT2D eigenvalue weighted by Crippen LogP contribution is 2.06. The Morgan fingerprint density at radius 2 is 2.00 bits per heavy atom. The lowest BCUT2D eigenvalue weighted by atomic mass is 10.1. The van der Waals surface area contributed by atoms with E-state index in [9.17, 15) is 4.79 Å². The first-order valence-electron chi connectivity index (χ1n) is 8.31. The molecule has 1 N–H and O–H groups in total. The lowest BCUT2D eigenvalue weighted by Gasteiger charge is -2.07. The van der Waals surface area contributed by atoms with Crippen LogP contribution in [-0.2, 0) is 22.6 Å². The van der Waals surface area contributed by atoms with E-state index in [1.807, 2.05) is 31.5 Å². The second kappa shape index (κ2) is 13.4. The van der Waals surface area contributed by atoms with Crippen LogP contribution < -0.4 is 5.32 Å². The molecule has 0 saturated heterocycles. The van der Waals surface area contributed by atoms with E-state index in [4.69, 9.17) is 4.74 Å². The van der Waals surface area contributed by atoms with E-state index in [-0.39, 0.29) is 30.8 Å². The number of carbonyl (C=O) groups excluding carboxylic acids is 1. The summed E-state index contributed by atoms with van der Waals surface area (Å²) in [5, 5.41) is 3.44. The number of hydrogen-bond donors (Lipinski definition) is 1. The van der Waals surface area contributed by atoms with E-state index < -0.39 is 0 Å². The van der Waals surface area contributed by atoms with Crippen molar-refractivity contribution in [1.82, 2.24) is 14.9 Å². The van der Waals surface area contributed by atoms with Crippen LogP contribution in [0.1, 0.15) is 30.3 Å². The van der Waals surface area contributed by atoms with Crippen LogP contribution in [0.5, 0.6) is 0 Å². The monoisotopic (exact) mass is 399 g/mol. The van der Waals surface area contributed by atoms with E-state index in [0.717, 1.165) is 37.4 Å². The number of rotatable bonds is 9. The Labute approximate surface area is 167 Å². The Kier molecular flexibility index (Phi) is 12.5. The van der Waals surface area contributed by atoms with E-state index in [1.165, 1.54) is 11.6 Å². The van der Waals surface area contributed by atoms with Crippen LogP contribution in [0.3, 0.4) is 0 Å². The van der Waals surface area contributed by atoms with E-state index in [1.54, 1.807) is 13.0 Å². The Bertz CT molecular complexity index is 670. The average Bonchev–Trinajstić information content (AvgIpc) is 2.99. The zero-order valence-electron chi connectivity index (χ0n) is 15.2. The van der Waals surface area contributed by atoms with Crippen molar-refractivity contribution in [2.75, 3.05) is 13.2 Å². The van der Waals surface area contributed by atoms with Crippen molar-refractivity contribution < 1.29 is 9.53 Å². The van der Waals surface area contributed by atoms with E-state index in [2.05, 4.69) is 27.0 Å². The largest absolute Gasteiger partial charge is 0.463 e. The third-order valence-electron chi connectivity index (χ3n) is 3.68. The van der Waals surface area contributed by atoms with Crippen molar-refractivity contribution in [3.8, 4) is 0 Å². The Hall–Kier alpha value is -1.82. The molecule has 26 heavy (non-hydrogen) atoms. The number of halogens is 2. The number of aryl methyl sites for hydroxylation is 2. The summed E-state index contributed by atoms with van der Waals surface area (Å²) in [6, 6.07) is 8.14. The first-order valence-corrected chi connectivity index (χ1v) is 8.31. The molecule has 2 rings (SSSR count). The van der Waals surface area contributed by atoms with Gasteiger partial charge >= 0.3 is 5.97 Å². The normalized spacial score (nSPS) is 10.2. The molecular weight excluding hydrogens is 373 g/mol. The van der Waals surface area contributed by atoms with Gasteiger partial charge in [0, 0.05) is 31.6 Å². The summed E-state index contributed by atoms with van der Waals surface area (Å²) < 4.78 is 7.02. The molecule has 0 atom stereocenters. The molecule has 0 aliphatic carbocycles. The van der Waals surface area contributed by atoms with Gasteiger partial charge in [-0.2, -0.15) is 0 Å². The van der Waals surface area contributed by atoms with Crippen LogP contribution in [0.2, 0.25) is 0 Å². The fourth-order valence-electron chi connectivity index (χ4n) is 2.35. The van der Waals surface area contributed by atoms with Crippen molar-refractivity contribution in [2.45, 2.75) is 33.4 Å². The highest BCUT2D eigenvalue weighted by Gasteiger charge is 1.98. The van der Waals surface area contributed by atoms with Gasteiger partial charge in [0.25, 0.3) is 0 Å². The minimum atomic E-state index is -0.309. The third kappa shape index (κ3) is 8.52. The van der Waals surface area contributed by atoms with Gasteiger partial charge in [0.15, 0.2) is 0 Å². The number of ether oxygens (including phenoxy) is 1. The van der Waals surface area contributed by atoms with Crippen LogP contribution in [0, 0.1) is 6.92 Å². The maximum absolute atomic E-state index is 11.3. The summed E-state index contributed by atoms with van der Waals surface area (Å²) in [7, 11) is 0. The maximum atomic E-state index is 11.3. The molecule has 7 heteroatoms. The molecule has 0 unspecified atom stereocenters. The molecule has 1 heterocycles. The van der Waals surface area contributed by atoms with Crippen molar-refractivity contribution >= 4 is 36.9 Å². The first kappa shape index (κ1) is 24.2. The summed E-state index contributed by atoms with van der Waals surface area (Å²) in [5.74, 6) is 0.748. The van der Waals surface area contributed by atoms with Gasteiger partial charge < -0.3 is 14.6 Å². The molecule has 2 aromatic rings. The van der Waals surface area contributed by atoms with Crippen molar-refractivity contribution in [3.05, 3.63) is 59.7 Å². The van der Waals surface area contributed by atoms with Crippen LogP contribution in [0.15, 0.2) is 42.7 Å². The summed E-state index contributed by atoms with van der Waals surface area (Å²) in [6.45, 7) is 6.99. The van der Waals surface area contributed by atoms with Crippen molar-refractivity contribution in [1.29, 1.82) is 0 Å². The maximum Gasteiger partial charge on any atom is 0.330 e. The van der Waals surface area contributed by atoms with Crippen molar-refractivity contribution in [3.63, 3.8) is 0 Å². The quantitative estimate of drug-likeness (QED) is 0.395. The fraction of sp³-hybridized carbons (Fsp3) is 0.368.